The summed E-state index contributed by atoms with van der Waals surface area (Å²) in [6, 6.07) is 8.20. The molecule has 0 bridgehead atoms. The zero-order valence-electron chi connectivity index (χ0n) is 15.0. The van der Waals surface area contributed by atoms with E-state index >= 15 is 0 Å². The molecule has 0 fully saturated rings. The van der Waals surface area contributed by atoms with E-state index in [1.807, 2.05) is 0 Å². The first-order chi connectivity index (χ1) is 14.4. The van der Waals surface area contributed by atoms with Crippen LogP contribution in [0.3, 0.4) is 0 Å². The van der Waals surface area contributed by atoms with E-state index in [9.17, 15) is 12.6 Å². The fourth-order valence-corrected chi connectivity index (χ4v) is 7.82. The summed E-state index contributed by atoms with van der Waals surface area (Å²) >= 11 is 0. The maximum absolute atomic E-state index is 13.3. The Kier molecular flexibility index (Phi) is 4.14. The molecular formula is C15H13N9O4S2. The van der Waals surface area contributed by atoms with Crippen LogP contribution in [-0.4, -0.2) is 56.7 Å². The van der Waals surface area contributed by atoms with Crippen LogP contribution < -0.4 is 10.5 Å². The molecule has 0 amide bonds. The molecule has 0 aliphatic carbocycles. The van der Waals surface area contributed by atoms with Crippen LogP contribution in [0.2, 0.25) is 0 Å². The SMILES string of the molecule is NCCNS1(=O)=NS(=O)(=O)c2c1ccc(-c1cccc3nonc13)c2-c1nn[nH]n1. The van der Waals surface area contributed by atoms with Gasteiger partial charge in [0.2, 0.25) is 5.82 Å². The van der Waals surface area contributed by atoms with Crippen molar-refractivity contribution in [2.75, 3.05) is 13.1 Å². The minimum atomic E-state index is -4.31. The van der Waals surface area contributed by atoms with Crippen LogP contribution in [0.25, 0.3) is 33.5 Å². The average Bonchev–Trinajstić information content (AvgIpc) is 3.45. The molecule has 0 saturated carbocycles. The molecule has 4 N–H and O–H groups in total. The fraction of sp³-hybridized carbons (Fsp3) is 0.133. The number of tetrazole rings is 1. The molecule has 1 unspecified atom stereocenters. The summed E-state index contributed by atoms with van der Waals surface area (Å²) < 4.78 is 50.4. The van der Waals surface area contributed by atoms with Gasteiger partial charge in [-0.2, -0.15) is 13.6 Å². The lowest BCUT2D eigenvalue weighted by molar-refractivity contribution is 0.315. The predicted octanol–water partition coefficient (Wildman–Crippen LogP) is 0.0624. The Morgan fingerprint density at radius 3 is 2.73 bits per heavy atom. The van der Waals surface area contributed by atoms with Crippen molar-refractivity contribution in [3.05, 3.63) is 30.3 Å². The number of aromatic amines is 1. The Bertz CT molecular complexity index is 1500. The molecule has 1 atom stereocenters. The third-order valence-electron chi connectivity index (χ3n) is 4.47. The van der Waals surface area contributed by atoms with Gasteiger partial charge in [-0.3, -0.25) is 0 Å². The number of nitrogens with zero attached hydrogens (tertiary/aromatic N) is 6. The molecule has 5 rings (SSSR count). The number of benzene rings is 2. The molecule has 3 heterocycles. The predicted molar refractivity (Wildman–Crippen MR) is 103 cm³/mol. The maximum atomic E-state index is 13.3. The highest BCUT2D eigenvalue weighted by Gasteiger charge is 2.39. The van der Waals surface area contributed by atoms with Crippen LogP contribution >= 0.6 is 0 Å². The fourth-order valence-electron chi connectivity index (χ4n) is 3.29. The van der Waals surface area contributed by atoms with Gasteiger partial charge in [0.1, 0.15) is 15.9 Å². The van der Waals surface area contributed by atoms with Gasteiger partial charge in [0.25, 0.3) is 10.0 Å². The number of fused-ring (bicyclic) bond motifs is 2. The van der Waals surface area contributed by atoms with Gasteiger partial charge in [-0.05, 0) is 33.2 Å². The molecule has 30 heavy (non-hydrogen) atoms. The van der Waals surface area contributed by atoms with E-state index in [2.05, 4.69) is 39.4 Å². The van der Waals surface area contributed by atoms with Crippen molar-refractivity contribution < 1.29 is 17.3 Å². The lowest BCUT2D eigenvalue weighted by Gasteiger charge is -2.12. The topological polar surface area (TPSA) is 195 Å². The second-order valence-electron chi connectivity index (χ2n) is 6.25. The Hall–Kier alpha value is -3.27. The smallest absolute Gasteiger partial charge is 0.293 e. The van der Waals surface area contributed by atoms with Crippen molar-refractivity contribution in [3.63, 3.8) is 0 Å². The Balaban J connectivity index is 1.88. The summed E-state index contributed by atoms with van der Waals surface area (Å²) in [4.78, 5) is -0.255. The first-order valence-electron chi connectivity index (χ1n) is 8.55. The van der Waals surface area contributed by atoms with Crippen LogP contribution in [0.5, 0.6) is 0 Å². The summed E-state index contributed by atoms with van der Waals surface area (Å²) in [6.07, 6.45) is 0. The molecule has 2 aromatic carbocycles. The second kappa shape index (κ2) is 6.63. The number of sulfonamides is 1. The van der Waals surface area contributed by atoms with Crippen molar-refractivity contribution >= 4 is 31.0 Å². The largest absolute Gasteiger partial charge is 0.329 e. The molecule has 13 nitrogen and oxygen atoms in total. The van der Waals surface area contributed by atoms with Gasteiger partial charge >= 0.3 is 0 Å². The van der Waals surface area contributed by atoms with E-state index in [-0.39, 0.29) is 34.3 Å². The molecule has 15 heteroatoms. The van der Waals surface area contributed by atoms with Gasteiger partial charge in [0.05, 0.1) is 10.5 Å². The minimum absolute atomic E-state index is 0.00319. The molecule has 1 aliphatic rings. The normalized spacial score (nSPS) is 19.6. The first kappa shape index (κ1) is 18.7. The van der Waals surface area contributed by atoms with Crippen molar-refractivity contribution in [1.29, 1.82) is 0 Å². The van der Waals surface area contributed by atoms with E-state index in [1.54, 1.807) is 24.3 Å². The van der Waals surface area contributed by atoms with Crippen LogP contribution in [0.1, 0.15) is 0 Å². The summed E-state index contributed by atoms with van der Waals surface area (Å²) in [5.74, 6) is -0.00319. The highest BCUT2D eigenvalue weighted by molar-refractivity contribution is 8.05. The molecule has 154 valence electrons. The number of rotatable bonds is 5. The summed E-state index contributed by atoms with van der Waals surface area (Å²) in [6.45, 7) is 0.263. The maximum Gasteiger partial charge on any atom is 0.293 e. The molecule has 4 aromatic rings. The van der Waals surface area contributed by atoms with Crippen LogP contribution in [-0.2, 0) is 19.9 Å². The molecule has 2 aromatic heterocycles. The van der Waals surface area contributed by atoms with E-state index in [4.69, 9.17) is 10.4 Å². The highest BCUT2D eigenvalue weighted by Crippen LogP contribution is 2.44. The molecule has 0 spiro atoms. The van der Waals surface area contributed by atoms with E-state index in [1.165, 1.54) is 6.07 Å². The number of nitrogens with one attached hydrogen (secondary N) is 2. The van der Waals surface area contributed by atoms with Crippen molar-refractivity contribution in [2.24, 2.45) is 9.50 Å². The third-order valence-corrected chi connectivity index (χ3v) is 8.69. The third kappa shape index (κ3) is 2.71. The highest BCUT2D eigenvalue weighted by atomic mass is 32.3. The zero-order valence-corrected chi connectivity index (χ0v) is 16.6. The first-order valence-corrected chi connectivity index (χ1v) is 11.5. The van der Waals surface area contributed by atoms with Crippen LogP contribution in [0.15, 0.2) is 48.5 Å². The summed E-state index contributed by atoms with van der Waals surface area (Å²) in [5.41, 5.74) is 7.40. The van der Waals surface area contributed by atoms with Gasteiger partial charge in [0, 0.05) is 18.7 Å². The number of H-pyrrole nitrogens is 1. The average molecular weight is 447 g/mol. The zero-order chi connectivity index (χ0) is 20.9. The Morgan fingerprint density at radius 2 is 1.97 bits per heavy atom. The lowest BCUT2D eigenvalue weighted by Crippen LogP contribution is -2.28. The van der Waals surface area contributed by atoms with Crippen molar-refractivity contribution in [3.8, 4) is 22.5 Å². The van der Waals surface area contributed by atoms with Gasteiger partial charge in [0.15, 0.2) is 9.92 Å². The van der Waals surface area contributed by atoms with Gasteiger partial charge < -0.3 is 5.73 Å². The number of hydrogen-bond donors (Lipinski definition) is 3. The summed E-state index contributed by atoms with van der Waals surface area (Å²) in [5, 5.41) is 21.5. The lowest BCUT2D eigenvalue weighted by atomic mass is 9.98. The molecule has 0 radical (unpaired) electrons. The Morgan fingerprint density at radius 1 is 1.10 bits per heavy atom. The van der Waals surface area contributed by atoms with Gasteiger partial charge in [-0.1, -0.05) is 22.0 Å². The van der Waals surface area contributed by atoms with Crippen molar-refractivity contribution in [1.82, 2.24) is 35.7 Å². The number of nitrogens with two attached hydrogens (primary N) is 1. The second-order valence-corrected chi connectivity index (χ2v) is 9.98. The molecular weight excluding hydrogens is 434 g/mol. The number of aromatic nitrogens is 6. The van der Waals surface area contributed by atoms with Crippen LogP contribution in [0, 0.1) is 0 Å². The Labute approximate surface area is 169 Å². The molecule has 0 saturated heterocycles. The minimum Gasteiger partial charge on any atom is -0.329 e. The van der Waals surface area contributed by atoms with Crippen molar-refractivity contribution in [2.45, 2.75) is 9.79 Å². The van der Waals surface area contributed by atoms with Gasteiger partial charge in [-0.15, -0.1) is 10.2 Å². The van der Waals surface area contributed by atoms with Crippen LogP contribution in [0.4, 0.5) is 0 Å². The van der Waals surface area contributed by atoms with Gasteiger partial charge in [-0.25, -0.2) is 13.6 Å². The monoisotopic (exact) mass is 447 g/mol. The standard InChI is InChI=1S/C15H13N9O4S2/c16-6-7-17-29(25)11-5-4-8(9-2-1-3-10-13(9)21-28-20-10)12(15-18-22-23-19-15)14(11)30(26,27)24-29/h1-5H,6-7,16H2,(H,17,24,25)(H,18,19,22,23). The number of hydrogen-bond acceptors (Lipinski definition) is 10. The summed E-state index contributed by atoms with van der Waals surface area (Å²) in [7, 11) is -7.76. The van der Waals surface area contributed by atoms with E-state index < -0.39 is 19.9 Å². The quantitative estimate of drug-likeness (QED) is 0.376. The van der Waals surface area contributed by atoms with E-state index in [0.717, 1.165) is 0 Å². The van der Waals surface area contributed by atoms with E-state index in [0.29, 0.717) is 22.2 Å². The molecule has 1 aliphatic heterocycles.